The highest BCUT2D eigenvalue weighted by atomic mass is 32.1. The highest BCUT2D eigenvalue weighted by Gasteiger charge is 2.35. The summed E-state index contributed by atoms with van der Waals surface area (Å²) in [4.78, 5) is 3.64. The Labute approximate surface area is 88.6 Å². The van der Waals surface area contributed by atoms with Gasteiger partial charge in [0.25, 0.3) is 0 Å². The molecule has 80 valence electrons. The lowest BCUT2D eigenvalue weighted by atomic mass is 10.1. The molecule has 0 bridgehead atoms. The van der Waals surface area contributed by atoms with E-state index in [2.05, 4.69) is 4.98 Å². The lowest BCUT2D eigenvalue weighted by molar-refractivity contribution is -0.137. The Balaban J connectivity index is 2.76. The summed E-state index contributed by atoms with van der Waals surface area (Å²) in [6.45, 7) is 3.56. The largest absolute Gasteiger partial charge is 0.443 e. The zero-order valence-corrected chi connectivity index (χ0v) is 8.96. The van der Waals surface area contributed by atoms with Crippen molar-refractivity contribution < 1.29 is 13.2 Å². The van der Waals surface area contributed by atoms with Gasteiger partial charge in [0, 0.05) is 0 Å². The van der Waals surface area contributed by atoms with Gasteiger partial charge >= 0.3 is 6.18 Å². The monoisotopic (exact) mass is 231 g/mol. The van der Waals surface area contributed by atoms with Crippen LogP contribution in [0.5, 0.6) is 0 Å². The van der Waals surface area contributed by atoms with E-state index in [0.717, 1.165) is 11.1 Å². The van der Waals surface area contributed by atoms with Gasteiger partial charge in [-0.25, -0.2) is 4.98 Å². The molecular formula is C10H8F3NS. The van der Waals surface area contributed by atoms with Crippen LogP contribution in [0.4, 0.5) is 13.2 Å². The molecule has 0 aliphatic rings. The molecule has 1 heterocycles. The highest BCUT2D eigenvalue weighted by molar-refractivity contribution is 7.18. The van der Waals surface area contributed by atoms with E-state index in [0.29, 0.717) is 21.6 Å². The molecule has 0 atom stereocenters. The van der Waals surface area contributed by atoms with E-state index in [9.17, 15) is 13.2 Å². The lowest BCUT2D eigenvalue weighted by Gasteiger charge is -1.98. The van der Waals surface area contributed by atoms with Crippen molar-refractivity contribution in [1.82, 2.24) is 4.98 Å². The fourth-order valence-corrected chi connectivity index (χ4v) is 2.36. The number of rotatable bonds is 0. The molecule has 0 fully saturated rings. The predicted molar refractivity (Wildman–Crippen MR) is 54.1 cm³/mol. The molecule has 0 aliphatic carbocycles. The number of benzene rings is 1. The summed E-state index contributed by atoms with van der Waals surface area (Å²) >= 11 is 0.709. The molecule has 0 spiro atoms. The summed E-state index contributed by atoms with van der Waals surface area (Å²) in [5, 5.41) is -0.769. The second-order valence-electron chi connectivity index (χ2n) is 3.39. The molecule has 2 aromatic rings. The third kappa shape index (κ3) is 1.71. The fourth-order valence-electron chi connectivity index (χ4n) is 1.38. The number of aromatic nitrogens is 1. The quantitative estimate of drug-likeness (QED) is 0.669. The first-order valence-electron chi connectivity index (χ1n) is 4.33. The van der Waals surface area contributed by atoms with Gasteiger partial charge in [0.2, 0.25) is 0 Å². The summed E-state index contributed by atoms with van der Waals surface area (Å²) in [7, 11) is 0. The molecule has 0 unspecified atom stereocenters. The molecule has 1 nitrogen and oxygen atoms in total. The molecule has 0 N–H and O–H groups in total. The van der Waals surface area contributed by atoms with E-state index in [1.165, 1.54) is 0 Å². The smallest absolute Gasteiger partial charge is 0.232 e. The molecule has 0 saturated heterocycles. The Morgan fingerprint density at radius 1 is 1.13 bits per heavy atom. The van der Waals surface area contributed by atoms with E-state index < -0.39 is 11.2 Å². The third-order valence-electron chi connectivity index (χ3n) is 2.18. The minimum atomic E-state index is -4.34. The molecule has 0 radical (unpaired) electrons. The summed E-state index contributed by atoms with van der Waals surface area (Å²) < 4.78 is 37.9. The van der Waals surface area contributed by atoms with Crippen LogP contribution < -0.4 is 0 Å². The summed E-state index contributed by atoms with van der Waals surface area (Å²) in [5.41, 5.74) is 2.08. The van der Waals surface area contributed by atoms with E-state index in [1.807, 2.05) is 6.07 Å². The van der Waals surface area contributed by atoms with E-state index in [4.69, 9.17) is 0 Å². The second-order valence-corrected chi connectivity index (χ2v) is 4.39. The number of hydrogen-bond acceptors (Lipinski definition) is 2. The van der Waals surface area contributed by atoms with Gasteiger partial charge in [0.05, 0.1) is 10.2 Å². The van der Waals surface area contributed by atoms with Gasteiger partial charge in [-0.15, -0.1) is 11.3 Å². The molecule has 1 aromatic heterocycles. The Kier molecular flexibility index (Phi) is 2.22. The van der Waals surface area contributed by atoms with Crippen LogP contribution in [0.1, 0.15) is 16.1 Å². The SMILES string of the molecule is Cc1ccc(C)c2sc(C(F)(F)F)nc12. The summed E-state index contributed by atoms with van der Waals surface area (Å²) in [6, 6.07) is 3.60. The number of thiazole rings is 1. The first-order chi connectivity index (χ1) is 6.89. The van der Waals surface area contributed by atoms with Crippen molar-refractivity contribution in [3.05, 3.63) is 28.3 Å². The van der Waals surface area contributed by atoms with E-state index >= 15 is 0 Å². The maximum absolute atomic E-state index is 12.4. The molecule has 15 heavy (non-hydrogen) atoms. The van der Waals surface area contributed by atoms with Crippen LogP contribution in [0.25, 0.3) is 10.2 Å². The third-order valence-corrected chi connectivity index (χ3v) is 3.42. The van der Waals surface area contributed by atoms with Crippen molar-refractivity contribution in [3.63, 3.8) is 0 Å². The van der Waals surface area contributed by atoms with Gasteiger partial charge in [0.15, 0.2) is 5.01 Å². The summed E-state index contributed by atoms with van der Waals surface area (Å²) in [5.74, 6) is 0. The van der Waals surface area contributed by atoms with Gasteiger partial charge < -0.3 is 0 Å². The van der Waals surface area contributed by atoms with Crippen LogP contribution in [-0.4, -0.2) is 4.98 Å². The minimum Gasteiger partial charge on any atom is -0.232 e. The molecule has 2 rings (SSSR count). The predicted octanol–water partition coefficient (Wildman–Crippen LogP) is 3.93. The number of nitrogens with zero attached hydrogens (tertiary/aromatic N) is 1. The molecule has 5 heteroatoms. The first-order valence-corrected chi connectivity index (χ1v) is 5.15. The van der Waals surface area contributed by atoms with Gasteiger partial charge in [-0.05, 0) is 25.0 Å². The van der Waals surface area contributed by atoms with Gasteiger partial charge in [-0.1, -0.05) is 12.1 Å². The lowest BCUT2D eigenvalue weighted by Crippen LogP contribution is -2.03. The topological polar surface area (TPSA) is 12.9 Å². The minimum absolute atomic E-state index is 0.465. The van der Waals surface area contributed by atoms with Crippen molar-refractivity contribution >= 4 is 21.6 Å². The molecule has 0 aliphatic heterocycles. The standard InChI is InChI=1S/C10H8F3NS/c1-5-3-4-6(2)8-7(5)14-9(15-8)10(11,12)13/h3-4H,1-2H3. The zero-order valence-electron chi connectivity index (χ0n) is 8.14. The first kappa shape index (κ1) is 10.4. The zero-order chi connectivity index (χ0) is 11.2. The van der Waals surface area contributed by atoms with Crippen LogP contribution in [0, 0.1) is 13.8 Å². The normalized spacial score (nSPS) is 12.3. The van der Waals surface area contributed by atoms with Crippen molar-refractivity contribution in [2.24, 2.45) is 0 Å². The second kappa shape index (κ2) is 3.20. The average Bonchev–Trinajstić information content (AvgIpc) is 2.56. The van der Waals surface area contributed by atoms with Gasteiger partial charge in [-0.2, -0.15) is 13.2 Å². The van der Waals surface area contributed by atoms with Crippen molar-refractivity contribution in [1.29, 1.82) is 0 Å². The number of fused-ring (bicyclic) bond motifs is 1. The summed E-state index contributed by atoms with van der Waals surface area (Å²) in [6.07, 6.45) is -4.34. The van der Waals surface area contributed by atoms with Gasteiger partial charge in [-0.3, -0.25) is 0 Å². The van der Waals surface area contributed by atoms with Crippen molar-refractivity contribution in [2.45, 2.75) is 20.0 Å². The fraction of sp³-hybridized carbons (Fsp3) is 0.300. The molecule has 0 amide bonds. The Hall–Kier alpha value is -1.10. The van der Waals surface area contributed by atoms with E-state index in [1.54, 1.807) is 19.9 Å². The van der Waals surface area contributed by atoms with Crippen molar-refractivity contribution in [2.75, 3.05) is 0 Å². The Morgan fingerprint density at radius 2 is 1.73 bits per heavy atom. The van der Waals surface area contributed by atoms with Crippen LogP contribution in [-0.2, 0) is 6.18 Å². The van der Waals surface area contributed by atoms with E-state index in [-0.39, 0.29) is 0 Å². The van der Waals surface area contributed by atoms with Crippen LogP contribution in [0.2, 0.25) is 0 Å². The Morgan fingerprint density at radius 3 is 2.27 bits per heavy atom. The Bertz CT molecular complexity index is 474. The van der Waals surface area contributed by atoms with Crippen molar-refractivity contribution in [3.8, 4) is 0 Å². The van der Waals surface area contributed by atoms with Crippen LogP contribution >= 0.6 is 11.3 Å². The number of hydrogen-bond donors (Lipinski definition) is 0. The maximum Gasteiger partial charge on any atom is 0.443 e. The molecular weight excluding hydrogens is 223 g/mol. The molecule has 0 saturated carbocycles. The average molecular weight is 231 g/mol. The van der Waals surface area contributed by atoms with Gasteiger partial charge in [0.1, 0.15) is 0 Å². The van der Waals surface area contributed by atoms with Crippen LogP contribution in [0.15, 0.2) is 12.1 Å². The number of alkyl halides is 3. The highest BCUT2D eigenvalue weighted by Crippen LogP contribution is 2.37. The molecule has 1 aromatic carbocycles. The number of halogens is 3. The maximum atomic E-state index is 12.4. The number of aryl methyl sites for hydroxylation is 2. The van der Waals surface area contributed by atoms with Crippen LogP contribution in [0.3, 0.4) is 0 Å².